The second-order valence-electron chi connectivity index (χ2n) is 12.2. The first-order chi connectivity index (χ1) is 20.7. The Kier molecular flexibility index (Phi) is 9.00. The van der Waals surface area contributed by atoms with Gasteiger partial charge in [-0.1, -0.05) is 78.0 Å². The Hall–Kier alpha value is -2.67. The van der Waals surface area contributed by atoms with Crippen LogP contribution < -0.4 is 4.74 Å². The first-order valence-electron chi connectivity index (χ1n) is 14.5. The molecule has 2 aliphatic heterocycles. The van der Waals surface area contributed by atoms with Gasteiger partial charge in [-0.2, -0.15) is 4.98 Å². The summed E-state index contributed by atoms with van der Waals surface area (Å²) in [4.78, 5) is 4.54. The fourth-order valence-corrected chi connectivity index (χ4v) is 6.33. The van der Waals surface area contributed by atoms with E-state index in [2.05, 4.69) is 40.6 Å². The zero-order chi connectivity index (χ0) is 30.1. The molecule has 3 heterocycles. The molecule has 0 N–H and O–H groups in total. The second kappa shape index (κ2) is 12.7. The Morgan fingerprint density at radius 1 is 1.00 bits per heavy atom. The molecular weight excluding hydrogens is 638 g/mol. The second-order valence-corrected chi connectivity index (χ2v) is 18.7. The molecule has 0 saturated carbocycles. The summed E-state index contributed by atoms with van der Waals surface area (Å²) in [5.74, 6) is -1.44. The van der Waals surface area contributed by atoms with Gasteiger partial charge in [0, 0.05) is 37.2 Å². The van der Waals surface area contributed by atoms with E-state index in [4.69, 9.17) is 23.7 Å². The lowest BCUT2D eigenvalue weighted by Crippen LogP contribution is -2.50. The number of ether oxygens (including phenoxy) is 5. The third-order valence-electron chi connectivity index (χ3n) is 7.71. The molecule has 0 spiro atoms. The Labute approximate surface area is 259 Å². The summed E-state index contributed by atoms with van der Waals surface area (Å²) in [6.45, 7) is 8.07. The van der Waals surface area contributed by atoms with E-state index < -0.39 is 32.1 Å². The van der Waals surface area contributed by atoms with Gasteiger partial charge in [-0.25, -0.2) is 8.78 Å². The lowest BCUT2D eigenvalue weighted by atomic mass is 10.0. The molecule has 228 valence electrons. The summed E-state index contributed by atoms with van der Waals surface area (Å²) in [6, 6.07) is 19.0. The van der Waals surface area contributed by atoms with Crippen molar-refractivity contribution in [1.29, 1.82) is 0 Å². The van der Waals surface area contributed by atoms with Crippen molar-refractivity contribution in [2.24, 2.45) is 0 Å². The number of nitrogens with zero attached hydrogens (tertiary/aromatic N) is 2. The van der Waals surface area contributed by atoms with E-state index in [9.17, 15) is 0 Å². The van der Waals surface area contributed by atoms with E-state index in [1.54, 1.807) is 28.8 Å². The van der Waals surface area contributed by atoms with Crippen LogP contribution in [0.25, 0.3) is 22.2 Å². The van der Waals surface area contributed by atoms with Crippen molar-refractivity contribution in [2.45, 2.75) is 63.4 Å². The summed E-state index contributed by atoms with van der Waals surface area (Å²) >= 11 is 3.38. The van der Waals surface area contributed by atoms with Gasteiger partial charge in [-0.15, -0.1) is 0 Å². The zero-order valence-electron chi connectivity index (χ0n) is 24.4. The van der Waals surface area contributed by atoms with Gasteiger partial charge in [0.2, 0.25) is 0 Å². The molecule has 1 aromatic heterocycles. The Balaban J connectivity index is 1.27. The molecule has 0 bridgehead atoms. The van der Waals surface area contributed by atoms with Crippen molar-refractivity contribution in [3.8, 4) is 17.1 Å². The van der Waals surface area contributed by atoms with E-state index >= 15 is 8.78 Å². The SMILES string of the molecule is C[Si](C)(C)CCOCn1c(O[C@H]2CO[C@@H]3COC(c4ccccc4)O[C@H]3C2)nc2c(F)c(-c3ccc(Br)cc3)c(F)cc21. The number of benzene rings is 3. The van der Waals surface area contributed by atoms with Gasteiger partial charge in [0.15, 0.2) is 12.1 Å². The van der Waals surface area contributed by atoms with Crippen LogP contribution in [0.1, 0.15) is 18.3 Å². The third-order valence-corrected chi connectivity index (χ3v) is 9.94. The van der Waals surface area contributed by atoms with Crippen molar-refractivity contribution in [2.75, 3.05) is 19.8 Å². The first-order valence-corrected chi connectivity index (χ1v) is 19.0. The quantitative estimate of drug-likeness (QED) is 0.134. The van der Waals surface area contributed by atoms with Crippen molar-refractivity contribution in [3.05, 3.63) is 82.3 Å². The van der Waals surface area contributed by atoms with Gasteiger partial charge < -0.3 is 23.7 Å². The van der Waals surface area contributed by atoms with Crippen molar-refractivity contribution < 1.29 is 32.5 Å². The number of aromatic nitrogens is 2. The van der Waals surface area contributed by atoms with Crippen LogP contribution in [0.4, 0.5) is 8.78 Å². The summed E-state index contributed by atoms with van der Waals surface area (Å²) in [5, 5.41) is 0. The van der Waals surface area contributed by atoms with Crippen LogP contribution in [0.5, 0.6) is 6.01 Å². The van der Waals surface area contributed by atoms with E-state index in [-0.39, 0.29) is 48.2 Å². The number of hydrogen-bond acceptors (Lipinski definition) is 6. The molecule has 0 amide bonds. The largest absolute Gasteiger partial charge is 0.459 e. The minimum atomic E-state index is -1.34. The fraction of sp³-hybridized carbons (Fsp3) is 0.406. The molecule has 11 heteroatoms. The Bertz CT molecular complexity index is 1560. The van der Waals surface area contributed by atoms with Crippen LogP contribution in [0.2, 0.25) is 25.7 Å². The Morgan fingerprint density at radius 3 is 2.51 bits per heavy atom. The minimum absolute atomic E-state index is 0.0178. The number of fused-ring (bicyclic) bond motifs is 2. The normalized spacial score (nSPS) is 22.5. The van der Waals surface area contributed by atoms with Gasteiger partial charge in [0.1, 0.15) is 30.3 Å². The maximum atomic E-state index is 16.0. The molecule has 3 aromatic carbocycles. The molecule has 2 fully saturated rings. The van der Waals surface area contributed by atoms with Gasteiger partial charge in [-0.05, 0) is 23.7 Å². The molecule has 0 aliphatic carbocycles. The first kappa shape index (κ1) is 30.4. The highest BCUT2D eigenvalue weighted by molar-refractivity contribution is 9.10. The highest BCUT2D eigenvalue weighted by Gasteiger charge is 2.40. The molecule has 6 rings (SSSR count). The molecule has 4 aromatic rings. The molecule has 1 unspecified atom stereocenters. The Morgan fingerprint density at radius 2 is 1.77 bits per heavy atom. The van der Waals surface area contributed by atoms with Crippen LogP contribution in [0.3, 0.4) is 0 Å². The average molecular weight is 674 g/mol. The molecule has 43 heavy (non-hydrogen) atoms. The third kappa shape index (κ3) is 6.87. The number of rotatable bonds is 9. The monoisotopic (exact) mass is 672 g/mol. The molecule has 4 atom stereocenters. The number of halogens is 3. The van der Waals surface area contributed by atoms with Crippen LogP contribution in [0.15, 0.2) is 65.1 Å². The molecule has 2 aliphatic rings. The van der Waals surface area contributed by atoms with Crippen molar-refractivity contribution >= 4 is 35.0 Å². The molecular formula is C32H35BrF2N2O5Si. The van der Waals surface area contributed by atoms with Crippen LogP contribution in [0, 0.1) is 11.6 Å². The van der Waals surface area contributed by atoms with Gasteiger partial charge in [-0.3, -0.25) is 4.57 Å². The molecule has 2 saturated heterocycles. The van der Waals surface area contributed by atoms with Crippen molar-refractivity contribution in [1.82, 2.24) is 9.55 Å². The average Bonchev–Trinajstić information content (AvgIpc) is 3.32. The summed E-state index contributed by atoms with van der Waals surface area (Å²) in [6.07, 6.45) is -0.876. The van der Waals surface area contributed by atoms with Gasteiger partial charge in [0.25, 0.3) is 6.01 Å². The zero-order valence-corrected chi connectivity index (χ0v) is 27.0. The smallest absolute Gasteiger partial charge is 0.299 e. The van der Waals surface area contributed by atoms with Crippen LogP contribution >= 0.6 is 15.9 Å². The maximum absolute atomic E-state index is 16.0. The molecule has 0 radical (unpaired) electrons. The standard InChI is InChI=1S/C32H35BrF2N2O5Si/c1-43(2,3)14-13-38-19-37-25-16-24(34)28(20-9-11-22(33)12-10-20)29(35)30(25)36-32(37)41-23-15-26-27(39-17-23)18-40-31(42-26)21-7-5-4-6-8-21/h4-12,16,23,26-27,31H,13-15,17-19H2,1-3H3/t23-,26+,27-,31?/m1/s1. The van der Waals surface area contributed by atoms with Crippen molar-refractivity contribution in [3.63, 3.8) is 0 Å². The number of hydrogen-bond donors (Lipinski definition) is 0. The lowest BCUT2D eigenvalue weighted by Gasteiger charge is -2.41. The van der Waals surface area contributed by atoms with Gasteiger partial charge >= 0.3 is 0 Å². The maximum Gasteiger partial charge on any atom is 0.299 e. The van der Waals surface area contributed by atoms with E-state index in [0.717, 1.165) is 16.1 Å². The topological polar surface area (TPSA) is 64.0 Å². The predicted molar refractivity (Wildman–Crippen MR) is 166 cm³/mol. The highest BCUT2D eigenvalue weighted by atomic mass is 79.9. The number of imidazole rings is 1. The fourth-order valence-electron chi connectivity index (χ4n) is 5.31. The van der Waals surface area contributed by atoms with E-state index in [1.807, 2.05) is 30.3 Å². The minimum Gasteiger partial charge on any atom is -0.459 e. The van der Waals surface area contributed by atoms with Gasteiger partial charge in [0.05, 0.1) is 30.4 Å². The highest BCUT2D eigenvalue weighted by Crippen LogP contribution is 2.36. The summed E-state index contributed by atoms with van der Waals surface area (Å²) in [7, 11) is -1.34. The lowest BCUT2D eigenvalue weighted by molar-refractivity contribution is -0.286. The van der Waals surface area contributed by atoms with Crippen LogP contribution in [-0.2, 0) is 25.7 Å². The summed E-state index contributed by atoms with van der Waals surface area (Å²) in [5.41, 5.74) is 1.49. The van der Waals surface area contributed by atoms with Crippen LogP contribution in [-0.4, -0.2) is 55.8 Å². The van der Waals surface area contributed by atoms with E-state index in [0.29, 0.717) is 25.2 Å². The predicted octanol–water partition coefficient (Wildman–Crippen LogP) is 7.71. The van der Waals surface area contributed by atoms with E-state index in [1.165, 1.54) is 6.07 Å². The summed E-state index contributed by atoms with van der Waals surface area (Å²) < 4.78 is 64.5. The molecule has 7 nitrogen and oxygen atoms in total.